The van der Waals surface area contributed by atoms with Gasteiger partial charge in [0.15, 0.2) is 9.84 Å². The number of halogens is 1. The fourth-order valence-corrected chi connectivity index (χ4v) is 5.13. The molecule has 2 amide bonds. The average molecular weight is 476 g/mol. The van der Waals surface area contributed by atoms with Crippen LogP contribution < -0.4 is 5.32 Å². The molecule has 0 saturated carbocycles. The van der Waals surface area contributed by atoms with E-state index in [-0.39, 0.29) is 17.3 Å². The van der Waals surface area contributed by atoms with Crippen molar-refractivity contribution in [3.05, 3.63) is 59.8 Å². The van der Waals surface area contributed by atoms with Crippen molar-refractivity contribution in [1.29, 1.82) is 0 Å². The molecule has 0 aliphatic carbocycles. The van der Waals surface area contributed by atoms with E-state index in [1.807, 2.05) is 0 Å². The van der Waals surface area contributed by atoms with Gasteiger partial charge in [0.2, 0.25) is 11.8 Å². The van der Waals surface area contributed by atoms with Crippen LogP contribution in [-0.2, 0) is 30.7 Å². The number of fused-ring (bicyclic) bond motifs is 1. The molecule has 1 N–H and O–H groups in total. The molecule has 0 unspecified atom stereocenters. The van der Waals surface area contributed by atoms with E-state index in [9.17, 15) is 18.0 Å². The number of anilines is 1. The van der Waals surface area contributed by atoms with E-state index in [1.54, 1.807) is 58.0 Å². The van der Waals surface area contributed by atoms with E-state index in [0.717, 1.165) is 0 Å². The molecule has 1 fully saturated rings. The Bertz CT molecular complexity index is 1250. The molecule has 168 valence electrons. The van der Waals surface area contributed by atoms with Gasteiger partial charge >= 0.3 is 0 Å². The van der Waals surface area contributed by atoms with Crippen LogP contribution in [-0.4, -0.2) is 61.8 Å². The molecule has 3 aromatic rings. The van der Waals surface area contributed by atoms with Gasteiger partial charge in [-0.25, -0.2) is 8.42 Å². The summed E-state index contributed by atoms with van der Waals surface area (Å²) in [6.45, 7) is 2.00. The number of hydrogen-bond donors (Lipinski definition) is 1. The zero-order chi connectivity index (χ0) is 22.7. The van der Waals surface area contributed by atoms with Crippen LogP contribution in [0, 0.1) is 0 Å². The molecule has 1 aromatic heterocycles. The molecule has 8 nitrogen and oxygen atoms in total. The van der Waals surface area contributed by atoms with Crippen LogP contribution in [0.25, 0.3) is 10.9 Å². The highest BCUT2D eigenvalue weighted by Crippen LogP contribution is 2.27. The van der Waals surface area contributed by atoms with Crippen LogP contribution in [0.2, 0.25) is 5.02 Å². The van der Waals surface area contributed by atoms with Gasteiger partial charge in [-0.15, -0.1) is 0 Å². The Hall–Kier alpha value is -2.88. The predicted octanol–water partition coefficient (Wildman–Crippen LogP) is 2.57. The second-order valence-electron chi connectivity index (χ2n) is 7.45. The topological polar surface area (TPSA) is 97.7 Å². The maximum absolute atomic E-state index is 13.1. The lowest BCUT2D eigenvalue weighted by atomic mass is 10.2. The first-order valence-electron chi connectivity index (χ1n) is 10.0. The Morgan fingerprint density at radius 1 is 1.03 bits per heavy atom. The number of nitrogens with one attached hydrogen (secondary N) is 1. The van der Waals surface area contributed by atoms with Gasteiger partial charge in [-0.1, -0.05) is 29.8 Å². The number of para-hydroxylation sites is 1. The highest BCUT2D eigenvalue weighted by atomic mass is 35.5. The molecule has 4 rings (SSSR count). The number of aromatic nitrogens is 1. The SMILES string of the molecule is O=C(CS(=O)(=O)c1cn(CC(=O)N2CCOCC2)c2ccccc12)Nc1ccc(Cl)cc1. The quantitative estimate of drug-likeness (QED) is 0.591. The number of carbonyl (C=O) groups is 2. The van der Waals surface area contributed by atoms with Gasteiger partial charge in [0.05, 0.1) is 18.1 Å². The van der Waals surface area contributed by atoms with Crippen LogP contribution in [0.3, 0.4) is 0 Å². The molecule has 0 spiro atoms. The molecular weight excluding hydrogens is 454 g/mol. The Labute approximate surface area is 190 Å². The number of carbonyl (C=O) groups excluding carboxylic acids is 2. The van der Waals surface area contributed by atoms with E-state index in [1.165, 1.54) is 6.20 Å². The zero-order valence-corrected chi connectivity index (χ0v) is 18.7. The summed E-state index contributed by atoms with van der Waals surface area (Å²) in [7, 11) is -3.96. The molecule has 2 heterocycles. The fraction of sp³-hybridized carbons (Fsp3) is 0.273. The molecule has 10 heteroatoms. The first-order valence-corrected chi connectivity index (χ1v) is 12.1. The molecule has 1 aliphatic heterocycles. The number of rotatable bonds is 6. The fourth-order valence-electron chi connectivity index (χ4n) is 3.63. The second kappa shape index (κ2) is 9.32. The number of amides is 2. The number of hydrogen-bond acceptors (Lipinski definition) is 5. The van der Waals surface area contributed by atoms with Crippen molar-refractivity contribution in [2.24, 2.45) is 0 Å². The minimum Gasteiger partial charge on any atom is -0.378 e. The Morgan fingerprint density at radius 3 is 2.44 bits per heavy atom. The van der Waals surface area contributed by atoms with Gasteiger partial charge in [-0.05, 0) is 30.3 Å². The van der Waals surface area contributed by atoms with Gasteiger partial charge in [0.25, 0.3) is 0 Å². The predicted molar refractivity (Wildman–Crippen MR) is 121 cm³/mol. The van der Waals surface area contributed by atoms with E-state index in [0.29, 0.717) is 47.9 Å². The molecule has 1 saturated heterocycles. The van der Waals surface area contributed by atoms with Gasteiger partial charge in [0, 0.05) is 40.9 Å². The van der Waals surface area contributed by atoms with Crippen molar-refractivity contribution in [3.63, 3.8) is 0 Å². The summed E-state index contributed by atoms with van der Waals surface area (Å²) in [5.41, 5.74) is 1.07. The standard InChI is InChI=1S/C22H22ClN3O5S/c23-16-5-7-17(8-6-16)24-21(27)15-32(29,30)20-13-26(19-4-2-1-3-18(19)20)14-22(28)25-9-11-31-12-10-25/h1-8,13H,9-12,14-15H2,(H,24,27). The van der Waals surface area contributed by atoms with E-state index >= 15 is 0 Å². The molecule has 0 bridgehead atoms. The third kappa shape index (κ3) is 4.95. The van der Waals surface area contributed by atoms with E-state index < -0.39 is 21.5 Å². The van der Waals surface area contributed by atoms with E-state index in [2.05, 4.69) is 5.32 Å². The summed E-state index contributed by atoms with van der Waals surface area (Å²) < 4.78 is 33.1. The highest BCUT2D eigenvalue weighted by Gasteiger charge is 2.26. The molecule has 0 atom stereocenters. The van der Waals surface area contributed by atoms with Gasteiger partial charge in [-0.3, -0.25) is 9.59 Å². The minimum atomic E-state index is -3.96. The van der Waals surface area contributed by atoms with Crippen molar-refractivity contribution in [2.75, 3.05) is 37.4 Å². The first-order chi connectivity index (χ1) is 15.3. The van der Waals surface area contributed by atoms with Crippen LogP contribution in [0.4, 0.5) is 5.69 Å². The summed E-state index contributed by atoms with van der Waals surface area (Å²) in [5, 5.41) is 3.55. The molecule has 0 radical (unpaired) electrons. The molecule has 2 aromatic carbocycles. The van der Waals surface area contributed by atoms with Crippen LogP contribution >= 0.6 is 11.6 Å². The Balaban J connectivity index is 1.56. The van der Waals surface area contributed by atoms with E-state index in [4.69, 9.17) is 16.3 Å². The first kappa shape index (κ1) is 22.3. The van der Waals surface area contributed by atoms with Crippen molar-refractivity contribution in [3.8, 4) is 0 Å². The van der Waals surface area contributed by atoms with Crippen molar-refractivity contribution >= 4 is 49.8 Å². The lowest BCUT2D eigenvalue weighted by Crippen LogP contribution is -2.42. The summed E-state index contributed by atoms with van der Waals surface area (Å²) in [5.74, 6) is -1.49. The average Bonchev–Trinajstić information content (AvgIpc) is 3.15. The lowest BCUT2D eigenvalue weighted by molar-refractivity contribution is -0.135. The number of ether oxygens (including phenoxy) is 1. The minimum absolute atomic E-state index is 0.00695. The highest BCUT2D eigenvalue weighted by molar-refractivity contribution is 7.92. The van der Waals surface area contributed by atoms with Gasteiger partial charge in [-0.2, -0.15) is 0 Å². The number of morpholine rings is 1. The van der Waals surface area contributed by atoms with Crippen molar-refractivity contribution in [2.45, 2.75) is 11.4 Å². The normalized spacial score (nSPS) is 14.5. The van der Waals surface area contributed by atoms with Crippen molar-refractivity contribution < 1.29 is 22.7 Å². The lowest BCUT2D eigenvalue weighted by Gasteiger charge is -2.27. The Kier molecular flexibility index (Phi) is 6.50. The monoisotopic (exact) mass is 475 g/mol. The second-order valence-corrected chi connectivity index (χ2v) is 9.84. The smallest absolute Gasteiger partial charge is 0.242 e. The summed E-state index contributed by atoms with van der Waals surface area (Å²) in [6, 6.07) is 13.3. The van der Waals surface area contributed by atoms with Crippen molar-refractivity contribution in [1.82, 2.24) is 9.47 Å². The maximum Gasteiger partial charge on any atom is 0.242 e. The number of sulfone groups is 1. The number of benzene rings is 2. The maximum atomic E-state index is 13.1. The van der Waals surface area contributed by atoms with Gasteiger partial charge < -0.3 is 19.5 Å². The summed E-state index contributed by atoms with van der Waals surface area (Å²) in [6.07, 6.45) is 1.44. The van der Waals surface area contributed by atoms with Crippen LogP contribution in [0.15, 0.2) is 59.6 Å². The van der Waals surface area contributed by atoms with Crippen LogP contribution in [0.5, 0.6) is 0 Å². The summed E-state index contributed by atoms with van der Waals surface area (Å²) >= 11 is 5.83. The third-order valence-corrected chi connectivity index (χ3v) is 7.10. The largest absolute Gasteiger partial charge is 0.378 e. The molecule has 32 heavy (non-hydrogen) atoms. The molecule has 1 aliphatic rings. The van der Waals surface area contributed by atoms with Gasteiger partial charge in [0.1, 0.15) is 12.3 Å². The zero-order valence-electron chi connectivity index (χ0n) is 17.2. The Morgan fingerprint density at radius 2 is 1.72 bits per heavy atom. The van der Waals surface area contributed by atoms with Crippen LogP contribution in [0.1, 0.15) is 0 Å². The number of nitrogens with zero attached hydrogens (tertiary/aromatic N) is 2. The third-order valence-electron chi connectivity index (χ3n) is 5.21. The summed E-state index contributed by atoms with van der Waals surface area (Å²) in [4.78, 5) is 26.8. The molecular formula is C22H22ClN3O5S.